The molecule has 2 aromatic carbocycles. The summed E-state index contributed by atoms with van der Waals surface area (Å²) in [4.78, 5) is 23.0. The molecule has 2 aliphatic rings. The van der Waals surface area contributed by atoms with Gasteiger partial charge in [0.2, 0.25) is 5.91 Å². The van der Waals surface area contributed by atoms with Crippen LogP contribution in [0.4, 0.5) is 0 Å². The van der Waals surface area contributed by atoms with Crippen molar-refractivity contribution >= 4 is 16.9 Å². The van der Waals surface area contributed by atoms with Crippen LogP contribution in [0.1, 0.15) is 24.2 Å². The Morgan fingerprint density at radius 1 is 1.10 bits per heavy atom. The van der Waals surface area contributed by atoms with Crippen molar-refractivity contribution < 1.29 is 4.79 Å². The Hall–Kier alpha value is -2.66. The number of para-hydroxylation sites is 2. The Balaban J connectivity index is 1.21. The molecule has 2 saturated heterocycles. The van der Waals surface area contributed by atoms with Crippen LogP contribution in [0.3, 0.4) is 0 Å². The number of aryl methyl sites for hydroxylation is 2. The van der Waals surface area contributed by atoms with E-state index in [1.54, 1.807) is 0 Å². The number of hydrogen-bond donors (Lipinski definition) is 2. The zero-order chi connectivity index (χ0) is 19.7. The maximum atomic E-state index is 12.9. The summed E-state index contributed by atoms with van der Waals surface area (Å²) in [7, 11) is 0. The molecule has 3 aromatic rings. The number of aromatic amines is 1. The quantitative estimate of drug-likeness (QED) is 0.682. The van der Waals surface area contributed by atoms with Crippen molar-refractivity contribution in [3.05, 3.63) is 66.0 Å². The molecule has 1 aromatic heterocycles. The van der Waals surface area contributed by atoms with Crippen molar-refractivity contribution in [2.45, 2.75) is 25.7 Å². The molecule has 0 saturated carbocycles. The van der Waals surface area contributed by atoms with Gasteiger partial charge in [0.05, 0.1) is 11.0 Å². The molecule has 1 amide bonds. The number of nitrogens with one attached hydrogen (secondary N) is 2. The maximum Gasteiger partial charge on any atom is 0.223 e. The SMILES string of the molecule is O=C(CCc1nc2ccccc2[nH]1)N1CC2CNCC2(CCc2ccccc2)C1. The molecule has 2 aliphatic heterocycles. The summed E-state index contributed by atoms with van der Waals surface area (Å²) >= 11 is 0. The van der Waals surface area contributed by atoms with E-state index in [0.29, 0.717) is 18.8 Å². The molecule has 0 spiro atoms. The third-order valence-corrected chi connectivity index (χ3v) is 6.80. The molecule has 0 aliphatic carbocycles. The monoisotopic (exact) mass is 388 g/mol. The number of carbonyl (C=O) groups excluding carboxylic acids is 1. The average Bonchev–Trinajstić information content (AvgIpc) is 3.43. The van der Waals surface area contributed by atoms with Crippen LogP contribution in [0.15, 0.2) is 54.6 Å². The van der Waals surface area contributed by atoms with Crippen LogP contribution >= 0.6 is 0 Å². The molecule has 29 heavy (non-hydrogen) atoms. The second-order valence-corrected chi connectivity index (χ2v) is 8.65. The van der Waals surface area contributed by atoms with E-state index in [4.69, 9.17) is 0 Å². The number of fused-ring (bicyclic) bond motifs is 2. The van der Waals surface area contributed by atoms with Gasteiger partial charge in [-0.3, -0.25) is 4.79 Å². The molecular weight excluding hydrogens is 360 g/mol. The van der Waals surface area contributed by atoms with E-state index >= 15 is 0 Å². The first-order valence-corrected chi connectivity index (χ1v) is 10.7. The molecule has 150 valence electrons. The summed E-state index contributed by atoms with van der Waals surface area (Å²) in [6.07, 6.45) is 3.42. The molecule has 2 N–H and O–H groups in total. The topological polar surface area (TPSA) is 61.0 Å². The first kappa shape index (κ1) is 18.4. The Morgan fingerprint density at radius 3 is 2.79 bits per heavy atom. The smallest absolute Gasteiger partial charge is 0.223 e. The van der Waals surface area contributed by atoms with Crippen LogP contribution < -0.4 is 5.32 Å². The molecule has 3 heterocycles. The molecule has 2 atom stereocenters. The number of rotatable bonds is 6. The predicted molar refractivity (Wildman–Crippen MR) is 115 cm³/mol. The van der Waals surface area contributed by atoms with Gasteiger partial charge in [0.25, 0.3) is 0 Å². The minimum atomic E-state index is 0.227. The minimum Gasteiger partial charge on any atom is -0.342 e. The number of carbonyl (C=O) groups is 1. The first-order chi connectivity index (χ1) is 14.2. The van der Waals surface area contributed by atoms with Gasteiger partial charge in [0, 0.05) is 44.4 Å². The summed E-state index contributed by atoms with van der Waals surface area (Å²) < 4.78 is 0. The summed E-state index contributed by atoms with van der Waals surface area (Å²) in [5.74, 6) is 1.74. The van der Waals surface area contributed by atoms with Crippen molar-refractivity contribution in [2.24, 2.45) is 11.3 Å². The van der Waals surface area contributed by atoms with Gasteiger partial charge in [0.15, 0.2) is 0 Å². The Morgan fingerprint density at radius 2 is 1.93 bits per heavy atom. The highest BCUT2D eigenvalue weighted by atomic mass is 16.2. The summed E-state index contributed by atoms with van der Waals surface area (Å²) in [6.45, 7) is 3.83. The van der Waals surface area contributed by atoms with Crippen molar-refractivity contribution in [1.82, 2.24) is 20.2 Å². The molecule has 5 heteroatoms. The fourth-order valence-electron chi connectivity index (χ4n) is 5.12. The highest BCUT2D eigenvalue weighted by Crippen LogP contribution is 2.42. The Labute approximate surface area is 171 Å². The van der Waals surface area contributed by atoms with Crippen LogP contribution in [-0.2, 0) is 17.6 Å². The van der Waals surface area contributed by atoms with E-state index in [-0.39, 0.29) is 11.3 Å². The van der Waals surface area contributed by atoms with Gasteiger partial charge in [-0.25, -0.2) is 4.98 Å². The molecule has 2 unspecified atom stereocenters. The van der Waals surface area contributed by atoms with E-state index in [1.165, 1.54) is 5.56 Å². The van der Waals surface area contributed by atoms with E-state index in [1.807, 2.05) is 24.3 Å². The van der Waals surface area contributed by atoms with Gasteiger partial charge in [-0.2, -0.15) is 0 Å². The Kier molecular flexibility index (Phi) is 4.84. The van der Waals surface area contributed by atoms with Gasteiger partial charge in [0.1, 0.15) is 5.82 Å². The summed E-state index contributed by atoms with van der Waals surface area (Å²) in [5.41, 5.74) is 3.63. The normalized spacial score (nSPS) is 23.6. The average molecular weight is 389 g/mol. The number of benzene rings is 2. The van der Waals surface area contributed by atoms with E-state index < -0.39 is 0 Å². The van der Waals surface area contributed by atoms with Crippen molar-refractivity contribution in [1.29, 1.82) is 0 Å². The molecular formula is C24H28N4O. The van der Waals surface area contributed by atoms with Gasteiger partial charge in [-0.15, -0.1) is 0 Å². The second kappa shape index (κ2) is 7.64. The first-order valence-electron chi connectivity index (χ1n) is 10.7. The molecule has 0 radical (unpaired) electrons. The summed E-state index contributed by atoms with van der Waals surface area (Å²) in [6, 6.07) is 18.7. The van der Waals surface area contributed by atoms with Gasteiger partial charge < -0.3 is 15.2 Å². The predicted octanol–water partition coefficient (Wildman–Crippen LogP) is 3.18. The number of amides is 1. The van der Waals surface area contributed by atoms with Crippen molar-refractivity contribution in [2.75, 3.05) is 26.2 Å². The highest BCUT2D eigenvalue weighted by Gasteiger charge is 2.50. The lowest BCUT2D eigenvalue weighted by Crippen LogP contribution is -2.36. The van der Waals surface area contributed by atoms with E-state index in [2.05, 4.69) is 50.5 Å². The summed E-state index contributed by atoms with van der Waals surface area (Å²) in [5, 5.41) is 3.58. The van der Waals surface area contributed by atoms with Crippen LogP contribution in [0, 0.1) is 11.3 Å². The van der Waals surface area contributed by atoms with Gasteiger partial charge >= 0.3 is 0 Å². The maximum absolute atomic E-state index is 12.9. The lowest BCUT2D eigenvalue weighted by molar-refractivity contribution is -0.130. The van der Waals surface area contributed by atoms with Crippen molar-refractivity contribution in [3.8, 4) is 0 Å². The van der Waals surface area contributed by atoms with Crippen LogP contribution in [-0.4, -0.2) is 47.0 Å². The fraction of sp³-hybridized carbons (Fsp3) is 0.417. The molecule has 5 nitrogen and oxygen atoms in total. The third-order valence-electron chi connectivity index (χ3n) is 6.80. The van der Waals surface area contributed by atoms with Gasteiger partial charge in [-0.05, 0) is 36.5 Å². The molecule has 2 fully saturated rings. The standard InChI is InChI=1S/C24H28N4O/c29-23(11-10-22-26-20-8-4-5-9-21(20)27-22)28-15-19-14-25-16-24(19,17-28)13-12-18-6-2-1-3-7-18/h1-9,19,25H,10-17H2,(H,26,27). The molecule has 0 bridgehead atoms. The van der Waals surface area contributed by atoms with Crippen LogP contribution in [0.25, 0.3) is 11.0 Å². The lowest BCUT2D eigenvalue weighted by atomic mass is 9.76. The number of aromatic nitrogens is 2. The van der Waals surface area contributed by atoms with Crippen LogP contribution in [0.2, 0.25) is 0 Å². The number of hydrogen-bond acceptors (Lipinski definition) is 3. The number of nitrogens with zero attached hydrogens (tertiary/aromatic N) is 2. The van der Waals surface area contributed by atoms with Crippen molar-refractivity contribution in [3.63, 3.8) is 0 Å². The van der Waals surface area contributed by atoms with E-state index in [0.717, 1.165) is 55.9 Å². The second-order valence-electron chi connectivity index (χ2n) is 8.65. The lowest BCUT2D eigenvalue weighted by Gasteiger charge is -2.28. The number of imidazole rings is 1. The molecule has 5 rings (SSSR count). The third kappa shape index (κ3) is 3.67. The minimum absolute atomic E-state index is 0.227. The number of likely N-dealkylation sites (tertiary alicyclic amines) is 1. The Bertz CT molecular complexity index is 965. The zero-order valence-electron chi connectivity index (χ0n) is 16.7. The number of H-pyrrole nitrogens is 1. The zero-order valence-corrected chi connectivity index (χ0v) is 16.7. The van der Waals surface area contributed by atoms with E-state index in [9.17, 15) is 4.79 Å². The van der Waals surface area contributed by atoms with Crippen LogP contribution in [0.5, 0.6) is 0 Å². The highest BCUT2D eigenvalue weighted by molar-refractivity contribution is 5.77. The van der Waals surface area contributed by atoms with Gasteiger partial charge in [-0.1, -0.05) is 42.5 Å². The largest absolute Gasteiger partial charge is 0.342 e. The fourth-order valence-corrected chi connectivity index (χ4v) is 5.12.